The van der Waals surface area contributed by atoms with Gasteiger partial charge in [-0.05, 0) is 56.9 Å². The topological polar surface area (TPSA) is 105 Å². The number of hydrogen-bond acceptors (Lipinski definition) is 5. The molecule has 0 fully saturated rings. The van der Waals surface area contributed by atoms with Crippen LogP contribution in [0.4, 0.5) is 28.0 Å². The van der Waals surface area contributed by atoms with Gasteiger partial charge in [-0.2, -0.15) is 13.2 Å². The number of nitrogens with one attached hydrogen (secondary N) is 1. The van der Waals surface area contributed by atoms with Crippen LogP contribution in [0.1, 0.15) is 44.4 Å². The molecule has 0 aromatic heterocycles. The molecule has 2 N–H and O–H groups in total. The van der Waals surface area contributed by atoms with Crippen molar-refractivity contribution < 1.29 is 46.5 Å². The van der Waals surface area contributed by atoms with Crippen LogP contribution < -0.4 is 15.0 Å². The molecule has 0 radical (unpaired) electrons. The molecule has 0 unspecified atom stereocenters. The number of anilines is 1. The highest BCUT2D eigenvalue weighted by atomic mass is 19.4. The van der Waals surface area contributed by atoms with Gasteiger partial charge in [0.2, 0.25) is 0 Å². The fourth-order valence-electron chi connectivity index (χ4n) is 3.57. The third-order valence-corrected chi connectivity index (χ3v) is 5.12. The molecule has 0 saturated heterocycles. The predicted octanol–water partition coefficient (Wildman–Crippen LogP) is 5.48. The Bertz CT molecular complexity index is 1210. The molecule has 0 spiro atoms. The molecule has 0 aliphatic rings. The molecule has 0 aliphatic carbocycles. The molecule has 0 bridgehead atoms. The number of carbonyl (C=O) groups excluding carboxylic acids is 2. The number of amides is 2. The summed E-state index contributed by atoms with van der Waals surface area (Å²) in [7, 11) is 0. The Kier molecular flexibility index (Phi) is 10.1. The minimum atomic E-state index is -5.51. The highest BCUT2D eigenvalue weighted by Gasteiger charge is 2.45. The highest BCUT2D eigenvalue weighted by molar-refractivity contribution is 6.02. The van der Waals surface area contributed by atoms with E-state index in [1.165, 1.54) is 19.1 Å². The first-order valence-corrected chi connectivity index (χ1v) is 11.8. The summed E-state index contributed by atoms with van der Waals surface area (Å²) in [4.78, 5) is 35.6. The average Bonchev–Trinajstić information content (AvgIpc) is 2.81. The van der Waals surface area contributed by atoms with Crippen LogP contribution in [-0.4, -0.2) is 47.4 Å². The van der Waals surface area contributed by atoms with Crippen molar-refractivity contribution >= 4 is 29.7 Å². The van der Waals surface area contributed by atoms with Gasteiger partial charge in [0, 0.05) is 6.04 Å². The fraction of sp³-hybridized carbons (Fsp3) is 0.370. The van der Waals surface area contributed by atoms with E-state index in [-0.39, 0.29) is 29.1 Å². The van der Waals surface area contributed by atoms with Gasteiger partial charge in [0.1, 0.15) is 30.2 Å². The monoisotopic (exact) mass is 554 g/mol. The Balaban J connectivity index is 2.63. The largest absolute Gasteiger partial charge is 0.487 e. The quantitative estimate of drug-likeness (QED) is 0.377. The van der Waals surface area contributed by atoms with Crippen LogP contribution in [0.15, 0.2) is 43.0 Å². The van der Waals surface area contributed by atoms with Crippen LogP contribution in [-0.2, 0) is 27.4 Å². The number of carbonyl (C=O) groups is 3. The van der Waals surface area contributed by atoms with Crippen LogP contribution >= 0.6 is 0 Å². The summed E-state index contributed by atoms with van der Waals surface area (Å²) in [6.07, 6.45) is -5.36. The van der Waals surface area contributed by atoms with Crippen molar-refractivity contribution in [3.63, 3.8) is 0 Å². The molecule has 2 aromatic rings. The first kappa shape index (κ1) is 31.1. The van der Waals surface area contributed by atoms with E-state index in [0.29, 0.717) is 5.56 Å². The van der Waals surface area contributed by atoms with Crippen molar-refractivity contribution in [1.82, 2.24) is 5.32 Å². The van der Waals surface area contributed by atoms with Gasteiger partial charge in [0.25, 0.3) is 0 Å². The number of carboxylic acid groups (broad SMARTS) is 1. The van der Waals surface area contributed by atoms with Gasteiger partial charge in [-0.25, -0.2) is 9.18 Å². The van der Waals surface area contributed by atoms with Crippen LogP contribution in [0.25, 0.3) is 6.08 Å². The third kappa shape index (κ3) is 9.01. The van der Waals surface area contributed by atoms with Crippen LogP contribution in [0.2, 0.25) is 0 Å². The van der Waals surface area contributed by atoms with Gasteiger partial charge in [-0.15, -0.1) is 0 Å². The van der Waals surface area contributed by atoms with Crippen molar-refractivity contribution in [3.05, 3.63) is 65.5 Å². The second kappa shape index (κ2) is 12.6. The van der Waals surface area contributed by atoms with Crippen LogP contribution in [0, 0.1) is 5.82 Å². The molecule has 2 rings (SSSR count). The Hall–Kier alpha value is -4.09. The highest BCUT2D eigenvalue weighted by Crippen LogP contribution is 2.39. The molecule has 12 heteroatoms. The molecule has 1 atom stereocenters. The summed E-state index contributed by atoms with van der Waals surface area (Å²) >= 11 is 0. The van der Waals surface area contributed by atoms with Gasteiger partial charge in [0.05, 0.1) is 0 Å². The second-order valence-electron chi connectivity index (χ2n) is 9.62. The smallest absolute Gasteiger partial charge is 0.471 e. The summed E-state index contributed by atoms with van der Waals surface area (Å²) in [5.74, 6) is -6.23. The van der Waals surface area contributed by atoms with Gasteiger partial charge >= 0.3 is 24.1 Å². The molecule has 0 aliphatic heterocycles. The molecule has 8 nitrogen and oxygen atoms in total. The first-order chi connectivity index (χ1) is 18.0. The Morgan fingerprint density at radius 3 is 2.28 bits per heavy atom. The zero-order chi connectivity index (χ0) is 29.5. The van der Waals surface area contributed by atoms with Gasteiger partial charge < -0.3 is 19.9 Å². The molecule has 2 aromatic carbocycles. The lowest BCUT2D eigenvalue weighted by atomic mass is 9.97. The van der Waals surface area contributed by atoms with E-state index in [4.69, 9.17) is 9.47 Å². The Morgan fingerprint density at radius 2 is 1.77 bits per heavy atom. The van der Waals surface area contributed by atoms with Crippen molar-refractivity contribution in [2.45, 2.75) is 58.5 Å². The minimum absolute atomic E-state index is 0.104. The number of benzene rings is 2. The van der Waals surface area contributed by atoms with Crippen LogP contribution in [0.3, 0.4) is 0 Å². The molecular weight excluding hydrogens is 524 g/mol. The number of hydrogen-bond donors (Lipinski definition) is 2. The molecular formula is C27H30F4N2O6. The van der Waals surface area contributed by atoms with Gasteiger partial charge in [-0.1, -0.05) is 43.0 Å². The number of rotatable bonds is 10. The van der Waals surface area contributed by atoms with Crippen LogP contribution in [0.5, 0.6) is 5.75 Å². The van der Waals surface area contributed by atoms with E-state index >= 15 is 4.39 Å². The summed E-state index contributed by atoms with van der Waals surface area (Å²) < 4.78 is 67.3. The molecule has 2 amide bonds. The molecule has 0 saturated carbocycles. The minimum Gasteiger partial charge on any atom is -0.487 e. The molecule has 39 heavy (non-hydrogen) atoms. The number of nitrogens with zero attached hydrogens (tertiary/aromatic N) is 1. The van der Waals surface area contributed by atoms with Crippen molar-refractivity contribution in [1.29, 1.82) is 0 Å². The maximum Gasteiger partial charge on any atom is 0.471 e. The molecule has 212 valence electrons. The summed E-state index contributed by atoms with van der Waals surface area (Å²) in [5.41, 5.74) is -1.36. The lowest BCUT2D eigenvalue weighted by Crippen LogP contribution is -2.45. The number of ether oxygens (including phenoxy) is 2. The van der Waals surface area contributed by atoms with Crippen molar-refractivity contribution in [2.75, 3.05) is 11.4 Å². The lowest BCUT2D eigenvalue weighted by Gasteiger charge is -2.27. The summed E-state index contributed by atoms with van der Waals surface area (Å²) in [6, 6.07) is 8.77. The van der Waals surface area contributed by atoms with E-state index in [2.05, 4.69) is 11.9 Å². The van der Waals surface area contributed by atoms with Crippen molar-refractivity contribution in [2.24, 2.45) is 0 Å². The number of halogens is 4. The molecule has 0 heterocycles. The number of aliphatic carboxylic acids is 1. The van der Waals surface area contributed by atoms with Crippen molar-refractivity contribution in [3.8, 4) is 5.75 Å². The third-order valence-electron chi connectivity index (χ3n) is 5.12. The Morgan fingerprint density at radius 1 is 1.15 bits per heavy atom. The van der Waals surface area contributed by atoms with Gasteiger partial charge in [0.15, 0.2) is 5.82 Å². The fourth-order valence-corrected chi connectivity index (χ4v) is 3.57. The zero-order valence-electron chi connectivity index (χ0n) is 21.9. The zero-order valence-corrected chi connectivity index (χ0v) is 21.9. The van der Waals surface area contributed by atoms with Gasteiger partial charge in [-0.3, -0.25) is 14.5 Å². The maximum atomic E-state index is 16.1. The number of carboxylic acids is 1. The van der Waals surface area contributed by atoms with E-state index in [1.54, 1.807) is 51.1 Å². The first-order valence-electron chi connectivity index (χ1n) is 11.8. The summed E-state index contributed by atoms with van der Waals surface area (Å²) in [5, 5.41) is 11.8. The average molecular weight is 555 g/mol. The lowest BCUT2D eigenvalue weighted by molar-refractivity contribution is -0.171. The predicted molar refractivity (Wildman–Crippen MR) is 136 cm³/mol. The Labute approximate surface area is 223 Å². The maximum absolute atomic E-state index is 16.1. The van der Waals surface area contributed by atoms with E-state index in [0.717, 1.165) is 0 Å². The number of alkyl halides is 3. The van der Waals surface area contributed by atoms with E-state index < -0.39 is 59.6 Å². The van der Waals surface area contributed by atoms with E-state index in [1.807, 2.05) is 0 Å². The standard InChI is InChI=1S/C27H30F4N2O6/c1-6-18-13-20(38-15-17-10-8-7-9-11-17)23(33(14-21(34)35)24(36)27(29,30)31)22(28)19(18)12-16(2)32-25(37)39-26(3,4)5/h6-11,13,16H,1,12,14-15H2,2-5H3,(H,32,37)(H,34,35)/t16-/m0/s1. The second-order valence-corrected chi connectivity index (χ2v) is 9.62. The summed E-state index contributed by atoms with van der Waals surface area (Å²) in [6.45, 7) is 8.33. The normalized spacial score (nSPS) is 12.3. The number of alkyl carbamates (subject to hydrolysis) is 1. The van der Waals surface area contributed by atoms with E-state index in [9.17, 15) is 32.7 Å². The SMILES string of the molecule is C=Cc1cc(OCc2ccccc2)c(N(CC(=O)O)C(=O)C(F)(F)F)c(F)c1C[C@H](C)NC(=O)OC(C)(C)C.